The molecule has 38 heavy (non-hydrogen) atoms. The van der Waals surface area contributed by atoms with Gasteiger partial charge in [0, 0.05) is 29.5 Å². The molecule has 4 N–H and O–H groups in total. The Morgan fingerprint density at radius 2 is 1.92 bits per heavy atom. The van der Waals surface area contributed by atoms with Crippen molar-refractivity contribution < 1.29 is 34.1 Å². The number of aryl methyl sites for hydroxylation is 1. The topological polar surface area (TPSA) is 142 Å². The first kappa shape index (κ1) is 25.8. The van der Waals surface area contributed by atoms with Crippen LogP contribution in [0.3, 0.4) is 0 Å². The largest absolute Gasteiger partial charge is 0.469 e. The second-order valence-corrected chi connectivity index (χ2v) is 12.6. The second-order valence-electron chi connectivity index (χ2n) is 12.6. The van der Waals surface area contributed by atoms with E-state index in [9.17, 15) is 24.9 Å². The minimum atomic E-state index is -1.18. The molecule has 5 aliphatic rings. The molecule has 6 rings (SSSR count). The Hall–Kier alpha value is -2.49. The third kappa shape index (κ3) is 3.51. The zero-order valence-electron chi connectivity index (χ0n) is 22.1. The summed E-state index contributed by atoms with van der Waals surface area (Å²) in [5.41, 5.74) is 0.682. The molecule has 0 radical (unpaired) electrons. The molecule has 2 heterocycles. The number of hydrogen-bond acceptors (Lipinski definition) is 8. The van der Waals surface area contributed by atoms with Crippen molar-refractivity contribution in [3.8, 4) is 0 Å². The highest BCUT2D eigenvalue weighted by Gasteiger charge is 2.71. The van der Waals surface area contributed by atoms with Crippen LogP contribution in [0.25, 0.3) is 0 Å². The highest BCUT2D eigenvalue weighted by molar-refractivity contribution is 5.95. The first-order valence-corrected chi connectivity index (χ1v) is 13.9. The monoisotopic (exact) mass is 526 g/mol. The minimum absolute atomic E-state index is 0.0580. The summed E-state index contributed by atoms with van der Waals surface area (Å²) in [5.74, 6) is -0.239. The fraction of sp³-hybridized carbons (Fsp3) is 0.690. The Balaban J connectivity index is 1.33. The number of nitrogens with zero attached hydrogens (tertiary/aromatic N) is 1. The third-order valence-corrected chi connectivity index (χ3v) is 11.2. The molecule has 0 aromatic carbocycles. The predicted octanol–water partition coefficient (Wildman–Crippen LogP) is 3.02. The van der Waals surface area contributed by atoms with Crippen LogP contribution in [0, 0.1) is 35.5 Å². The van der Waals surface area contributed by atoms with Gasteiger partial charge in [0.15, 0.2) is 0 Å². The predicted molar refractivity (Wildman–Crippen MR) is 137 cm³/mol. The summed E-state index contributed by atoms with van der Waals surface area (Å²) in [6, 6.07) is 1.59. The van der Waals surface area contributed by atoms with Crippen molar-refractivity contribution >= 4 is 18.1 Å². The molecule has 1 aliphatic heterocycles. The number of aliphatic hydroxyl groups excluding tert-OH is 1. The number of esters is 1. The van der Waals surface area contributed by atoms with Gasteiger partial charge >= 0.3 is 5.97 Å². The van der Waals surface area contributed by atoms with E-state index in [1.54, 1.807) is 25.3 Å². The lowest BCUT2D eigenvalue weighted by atomic mass is 9.41. The number of furan rings is 1. The number of aliphatic hydroxyl groups is 3. The standard InChI is InChI=1S/C29H38N2O7/c1-17-20(7-12-37-17)25(34)31-30-16-27-9-3-19(32)14-28(27,35)10-5-23-22(27)4-8-26(2)21(6-11-29(23,26)36)18-13-24(33)38-15-18/h7,12-13,16,19,21-23,32,35-36H,3-6,8-11,14-15H2,1-2H3,(H,31,34)/b30-16-/t19-,21-,22+,23-,26-,27+,28+,29-/m1/s1. The van der Waals surface area contributed by atoms with Crippen molar-refractivity contribution in [2.45, 2.75) is 88.9 Å². The van der Waals surface area contributed by atoms with Gasteiger partial charge in [0.05, 0.1) is 29.1 Å². The van der Waals surface area contributed by atoms with Crippen molar-refractivity contribution in [1.82, 2.24) is 5.43 Å². The minimum Gasteiger partial charge on any atom is -0.469 e. The quantitative estimate of drug-likeness (QED) is 0.268. The molecule has 4 saturated carbocycles. The van der Waals surface area contributed by atoms with Crippen molar-refractivity contribution in [2.75, 3.05) is 6.61 Å². The summed E-state index contributed by atoms with van der Waals surface area (Å²) in [5, 5.41) is 39.4. The molecule has 0 unspecified atom stereocenters. The van der Waals surface area contributed by atoms with E-state index in [1.807, 2.05) is 0 Å². The van der Waals surface area contributed by atoms with Crippen LogP contribution in [0.1, 0.15) is 80.8 Å². The normalized spacial score (nSPS) is 44.2. The molecule has 1 amide bonds. The number of amides is 1. The van der Waals surface area contributed by atoms with E-state index in [1.165, 1.54) is 6.26 Å². The van der Waals surface area contributed by atoms with Crippen LogP contribution in [0.2, 0.25) is 0 Å². The van der Waals surface area contributed by atoms with E-state index < -0.39 is 28.1 Å². The molecular formula is C29H38N2O7. The Kier molecular flexibility index (Phi) is 5.94. The van der Waals surface area contributed by atoms with Crippen molar-refractivity contribution in [1.29, 1.82) is 0 Å². The summed E-state index contributed by atoms with van der Waals surface area (Å²) < 4.78 is 10.5. The molecular weight excluding hydrogens is 488 g/mol. The SMILES string of the molecule is Cc1occc1C(=O)N/N=C\[C@]12CC[C@@H](O)C[C@@]1(O)CC[C@@H]1[C@@H]2CC[C@]2(C)[C@@H](C3=CC(=O)OC3)CC[C@@]12O. The third-order valence-electron chi connectivity index (χ3n) is 11.2. The van der Waals surface area contributed by atoms with Gasteiger partial charge in [-0.25, -0.2) is 10.2 Å². The molecule has 0 spiro atoms. The second kappa shape index (κ2) is 8.76. The fourth-order valence-corrected chi connectivity index (χ4v) is 9.25. The number of hydrogen-bond donors (Lipinski definition) is 4. The number of fused-ring (bicyclic) bond motifs is 5. The number of hydrazone groups is 1. The van der Waals surface area contributed by atoms with Gasteiger partial charge in [0.25, 0.3) is 5.91 Å². The average molecular weight is 527 g/mol. The maximum Gasteiger partial charge on any atom is 0.331 e. The number of carbonyl (C=O) groups is 2. The Labute approximate surface area is 222 Å². The van der Waals surface area contributed by atoms with Crippen LogP contribution >= 0.6 is 0 Å². The van der Waals surface area contributed by atoms with Gasteiger partial charge in [-0.1, -0.05) is 6.92 Å². The number of cyclic esters (lactones) is 1. The molecule has 4 aliphatic carbocycles. The lowest BCUT2D eigenvalue weighted by Crippen LogP contribution is -2.68. The van der Waals surface area contributed by atoms with E-state index in [4.69, 9.17) is 9.15 Å². The van der Waals surface area contributed by atoms with Crippen LogP contribution in [-0.2, 0) is 9.53 Å². The van der Waals surface area contributed by atoms with Gasteiger partial charge in [0.2, 0.25) is 0 Å². The maximum atomic E-state index is 12.7. The van der Waals surface area contributed by atoms with Crippen molar-refractivity contribution in [3.63, 3.8) is 0 Å². The highest BCUT2D eigenvalue weighted by atomic mass is 16.5. The van der Waals surface area contributed by atoms with Gasteiger partial charge < -0.3 is 24.5 Å². The smallest absolute Gasteiger partial charge is 0.331 e. The van der Waals surface area contributed by atoms with Gasteiger partial charge in [-0.15, -0.1) is 0 Å². The molecule has 0 bridgehead atoms. The van der Waals surface area contributed by atoms with E-state index in [0.717, 1.165) is 24.8 Å². The Morgan fingerprint density at radius 1 is 1.13 bits per heavy atom. The van der Waals surface area contributed by atoms with E-state index in [-0.39, 0.29) is 36.1 Å². The van der Waals surface area contributed by atoms with Gasteiger partial charge in [-0.2, -0.15) is 5.10 Å². The first-order valence-electron chi connectivity index (χ1n) is 13.9. The molecule has 206 valence electrons. The van der Waals surface area contributed by atoms with E-state index >= 15 is 0 Å². The lowest BCUT2D eigenvalue weighted by molar-refractivity contribution is -0.237. The summed E-state index contributed by atoms with van der Waals surface area (Å²) in [6.45, 7) is 4.17. The van der Waals surface area contributed by atoms with Gasteiger partial charge in [0.1, 0.15) is 12.4 Å². The van der Waals surface area contributed by atoms with Crippen LogP contribution in [-0.4, -0.2) is 57.3 Å². The number of carbonyl (C=O) groups excluding carboxylic acids is 2. The van der Waals surface area contributed by atoms with Crippen LogP contribution in [0.15, 0.2) is 33.5 Å². The summed E-state index contributed by atoms with van der Waals surface area (Å²) >= 11 is 0. The van der Waals surface area contributed by atoms with Crippen molar-refractivity contribution in [2.24, 2.45) is 33.7 Å². The molecule has 8 atom stereocenters. The summed E-state index contributed by atoms with van der Waals surface area (Å²) in [6.07, 6.45) is 9.53. The molecule has 9 heteroatoms. The fourth-order valence-electron chi connectivity index (χ4n) is 9.25. The summed E-state index contributed by atoms with van der Waals surface area (Å²) in [4.78, 5) is 24.5. The number of rotatable bonds is 4. The van der Waals surface area contributed by atoms with E-state index in [2.05, 4.69) is 17.5 Å². The average Bonchev–Trinajstić information content (AvgIpc) is 3.56. The molecule has 1 aromatic rings. The van der Waals surface area contributed by atoms with Gasteiger partial charge in [-0.05, 0) is 87.7 Å². The zero-order valence-corrected chi connectivity index (χ0v) is 22.1. The Morgan fingerprint density at radius 3 is 2.63 bits per heavy atom. The summed E-state index contributed by atoms with van der Waals surface area (Å²) in [7, 11) is 0. The van der Waals surface area contributed by atoms with Gasteiger partial charge in [-0.3, -0.25) is 4.79 Å². The molecule has 9 nitrogen and oxygen atoms in total. The molecule has 4 fully saturated rings. The van der Waals surface area contributed by atoms with Crippen LogP contribution < -0.4 is 5.43 Å². The number of ether oxygens (including phenoxy) is 1. The molecule has 1 aromatic heterocycles. The van der Waals surface area contributed by atoms with Crippen molar-refractivity contribution in [3.05, 3.63) is 35.3 Å². The molecule has 0 saturated heterocycles. The highest BCUT2D eigenvalue weighted by Crippen LogP contribution is 2.70. The number of nitrogens with one attached hydrogen (secondary N) is 1. The first-order chi connectivity index (χ1) is 18.0. The lowest BCUT2D eigenvalue weighted by Gasteiger charge is -2.65. The maximum absolute atomic E-state index is 12.7. The Bertz CT molecular complexity index is 1210. The zero-order chi connectivity index (χ0) is 26.9. The van der Waals surface area contributed by atoms with Crippen LogP contribution in [0.4, 0.5) is 0 Å². The van der Waals surface area contributed by atoms with Crippen LogP contribution in [0.5, 0.6) is 0 Å². The van der Waals surface area contributed by atoms with E-state index in [0.29, 0.717) is 50.0 Å².